The van der Waals surface area contributed by atoms with E-state index in [2.05, 4.69) is 50.1 Å². The van der Waals surface area contributed by atoms with Gasteiger partial charge in [-0.25, -0.2) is 14.8 Å². The third-order valence-electron chi connectivity index (χ3n) is 6.65. The number of nitriles is 1. The average Bonchev–Trinajstić information content (AvgIpc) is 3.37. The Balaban J connectivity index is 1.42. The second kappa shape index (κ2) is 7.98. The summed E-state index contributed by atoms with van der Waals surface area (Å²) in [7, 11) is 0. The Labute approximate surface area is 185 Å². The van der Waals surface area contributed by atoms with Gasteiger partial charge in [-0.1, -0.05) is 24.3 Å². The summed E-state index contributed by atoms with van der Waals surface area (Å²) in [5.74, 6) is 0.775. The number of aromatic nitrogens is 2. The van der Waals surface area contributed by atoms with Crippen LogP contribution >= 0.6 is 11.6 Å². The summed E-state index contributed by atoms with van der Waals surface area (Å²) in [5, 5.41) is 18.8. The first-order valence-electron chi connectivity index (χ1n) is 10.5. The van der Waals surface area contributed by atoms with Gasteiger partial charge in [-0.3, -0.25) is 4.90 Å². The number of amides is 1. The summed E-state index contributed by atoms with van der Waals surface area (Å²) in [5.41, 5.74) is 4.81. The van der Waals surface area contributed by atoms with Gasteiger partial charge >= 0.3 is 6.09 Å². The third-order valence-corrected chi connectivity index (χ3v) is 6.82. The first kappa shape index (κ1) is 20.0. The fourth-order valence-corrected chi connectivity index (χ4v) is 5.39. The molecule has 2 aromatic rings. The minimum atomic E-state index is -0.989. The fourth-order valence-electron chi connectivity index (χ4n) is 5.21. The Bertz CT molecular complexity index is 1070. The molecular weight excluding hydrogens is 416 g/mol. The van der Waals surface area contributed by atoms with E-state index in [0.717, 1.165) is 43.0 Å². The van der Waals surface area contributed by atoms with Crippen LogP contribution in [0.1, 0.15) is 41.3 Å². The molecule has 31 heavy (non-hydrogen) atoms. The number of hydrogen-bond acceptors (Lipinski definition) is 6. The van der Waals surface area contributed by atoms with Crippen LogP contribution in [0.2, 0.25) is 5.28 Å². The molecule has 1 N–H and O–H groups in total. The predicted molar refractivity (Wildman–Crippen MR) is 115 cm³/mol. The van der Waals surface area contributed by atoms with Crippen LogP contribution in [0.3, 0.4) is 0 Å². The maximum atomic E-state index is 11.6. The summed E-state index contributed by atoms with van der Waals surface area (Å²) in [4.78, 5) is 26.5. The third kappa shape index (κ3) is 3.58. The van der Waals surface area contributed by atoms with Gasteiger partial charge in [-0.05, 0) is 35.6 Å². The minimum absolute atomic E-state index is 0.148. The molecule has 9 heteroatoms. The largest absolute Gasteiger partial charge is 0.465 e. The van der Waals surface area contributed by atoms with Crippen molar-refractivity contribution >= 4 is 23.5 Å². The van der Waals surface area contributed by atoms with Gasteiger partial charge in [-0.2, -0.15) is 5.26 Å². The number of halogens is 1. The van der Waals surface area contributed by atoms with Gasteiger partial charge in [-0.15, -0.1) is 0 Å². The van der Waals surface area contributed by atoms with Crippen molar-refractivity contribution < 1.29 is 9.90 Å². The number of anilines is 1. The van der Waals surface area contributed by atoms with Crippen LogP contribution in [-0.2, 0) is 19.5 Å². The van der Waals surface area contributed by atoms with Crippen molar-refractivity contribution in [3.05, 3.63) is 51.9 Å². The van der Waals surface area contributed by atoms with Gasteiger partial charge in [0.2, 0.25) is 5.28 Å². The summed E-state index contributed by atoms with van der Waals surface area (Å²) in [6.45, 7) is 2.73. The first-order chi connectivity index (χ1) is 15.0. The maximum absolute atomic E-state index is 11.6. The smallest absolute Gasteiger partial charge is 0.407 e. The summed E-state index contributed by atoms with van der Waals surface area (Å²) >= 11 is 6.29. The van der Waals surface area contributed by atoms with E-state index in [4.69, 9.17) is 16.9 Å². The standard InChI is InChI=1S/C22H23ClN6O2/c23-21-25-18-13-28(19-6-5-14-3-1-2-4-16(14)19)12-17(18)20(26-21)27-9-10-29(22(30)31)15(11-27)7-8-24/h1-4,15,19H,5-7,9-13H2,(H,30,31)/t15-,19?/m0/s1. The number of hydrogen-bond donors (Lipinski definition) is 1. The molecule has 8 nitrogen and oxygen atoms in total. The second-order valence-corrected chi connectivity index (χ2v) is 8.68. The Morgan fingerprint density at radius 3 is 2.90 bits per heavy atom. The Morgan fingerprint density at radius 1 is 1.26 bits per heavy atom. The van der Waals surface area contributed by atoms with Crippen molar-refractivity contribution in [2.24, 2.45) is 0 Å². The molecule has 0 radical (unpaired) electrons. The van der Waals surface area contributed by atoms with E-state index in [1.54, 1.807) is 0 Å². The minimum Gasteiger partial charge on any atom is -0.465 e. The van der Waals surface area contributed by atoms with Gasteiger partial charge in [0.15, 0.2) is 0 Å². The molecule has 3 heterocycles. The predicted octanol–water partition coefficient (Wildman–Crippen LogP) is 3.22. The molecule has 1 aliphatic carbocycles. The topological polar surface area (TPSA) is 96.6 Å². The summed E-state index contributed by atoms with van der Waals surface area (Å²) < 4.78 is 0. The number of benzene rings is 1. The van der Waals surface area contributed by atoms with E-state index >= 15 is 0 Å². The Kier molecular flexibility index (Phi) is 5.16. The van der Waals surface area contributed by atoms with Crippen LogP contribution in [0.5, 0.6) is 0 Å². The summed E-state index contributed by atoms with van der Waals surface area (Å²) in [6.07, 6.45) is 1.33. The van der Waals surface area contributed by atoms with Crippen molar-refractivity contribution in [3.8, 4) is 6.07 Å². The molecule has 5 rings (SSSR count). The molecule has 2 atom stereocenters. The van der Waals surface area contributed by atoms with Gasteiger partial charge in [0.1, 0.15) is 5.82 Å². The molecule has 0 saturated carbocycles. The zero-order valence-corrected chi connectivity index (χ0v) is 17.8. The van der Waals surface area contributed by atoms with E-state index in [1.165, 1.54) is 16.0 Å². The van der Waals surface area contributed by atoms with Crippen molar-refractivity contribution in [1.29, 1.82) is 5.26 Å². The summed E-state index contributed by atoms with van der Waals surface area (Å²) in [6, 6.07) is 10.7. The highest BCUT2D eigenvalue weighted by Gasteiger charge is 2.37. The number of aryl methyl sites for hydroxylation is 1. The van der Waals surface area contributed by atoms with Gasteiger partial charge < -0.3 is 14.9 Å². The highest BCUT2D eigenvalue weighted by molar-refractivity contribution is 6.28. The molecular formula is C22H23ClN6O2. The average molecular weight is 439 g/mol. The molecule has 1 fully saturated rings. The highest BCUT2D eigenvalue weighted by atomic mass is 35.5. The van der Waals surface area contributed by atoms with E-state index in [1.807, 2.05) is 0 Å². The van der Waals surface area contributed by atoms with Crippen molar-refractivity contribution in [3.63, 3.8) is 0 Å². The van der Waals surface area contributed by atoms with Crippen LogP contribution in [0.4, 0.5) is 10.6 Å². The maximum Gasteiger partial charge on any atom is 0.407 e. The molecule has 0 spiro atoms. The molecule has 1 aromatic carbocycles. The van der Waals surface area contributed by atoms with Crippen molar-refractivity contribution in [1.82, 2.24) is 19.8 Å². The van der Waals surface area contributed by atoms with Crippen LogP contribution in [0.25, 0.3) is 0 Å². The van der Waals surface area contributed by atoms with E-state index < -0.39 is 6.09 Å². The van der Waals surface area contributed by atoms with Gasteiger partial charge in [0, 0.05) is 44.3 Å². The SMILES string of the molecule is N#CC[C@H]1CN(c2nc(Cl)nc3c2CN(C2CCc4ccccc42)C3)CCN1C(=O)O. The normalized spacial score (nSPS) is 22.8. The Morgan fingerprint density at radius 2 is 2.10 bits per heavy atom. The number of piperazine rings is 1. The molecule has 2 aliphatic heterocycles. The van der Waals surface area contributed by atoms with E-state index in [9.17, 15) is 9.90 Å². The van der Waals surface area contributed by atoms with Gasteiger partial charge in [0.05, 0.1) is 24.2 Å². The highest BCUT2D eigenvalue weighted by Crippen LogP contribution is 2.41. The molecule has 160 valence electrons. The van der Waals surface area contributed by atoms with E-state index in [0.29, 0.717) is 25.7 Å². The zero-order chi connectivity index (χ0) is 21.5. The lowest BCUT2D eigenvalue weighted by molar-refractivity contribution is 0.119. The number of nitrogens with zero attached hydrogens (tertiary/aromatic N) is 6. The number of rotatable bonds is 3. The molecule has 1 saturated heterocycles. The van der Waals surface area contributed by atoms with E-state index in [-0.39, 0.29) is 17.7 Å². The lowest BCUT2D eigenvalue weighted by Crippen LogP contribution is -2.55. The number of carbonyl (C=O) groups is 1. The quantitative estimate of drug-likeness (QED) is 0.735. The molecule has 1 unspecified atom stereocenters. The molecule has 0 bridgehead atoms. The van der Waals surface area contributed by atoms with Crippen LogP contribution in [0.15, 0.2) is 24.3 Å². The van der Waals surface area contributed by atoms with Crippen LogP contribution in [0, 0.1) is 11.3 Å². The van der Waals surface area contributed by atoms with Crippen LogP contribution < -0.4 is 4.90 Å². The number of carboxylic acid groups (broad SMARTS) is 1. The second-order valence-electron chi connectivity index (χ2n) is 8.34. The fraction of sp³-hybridized carbons (Fsp3) is 0.455. The Hall–Kier alpha value is -2.89. The zero-order valence-electron chi connectivity index (χ0n) is 17.0. The monoisotopic (exact) mass is 438 g/mol. The van der Waals surface area contributed by atoms with Crippen molar-refractivity contribution in [2.45, 2.75) is 44.4 Å². The van der Waals surface area contributed by atoms with Crippen molar-refractivity contribution in [2.75, 3.05) is 24.5 Å². The molecule has 1 aromatic heterocycles. The van der Waals surface area contributed by atoms with Crippen LogP contribution in [-0.4, -0.2) is 56.6 Å². The van der Waals surface area contributed by atoms with Gasteiger partial charge in [0.25, 0.3) is 0 Å². The molecule has 3 aliphatic rings. The number of fused-ring (bicyclic) bond motifs is 2. The lowest BCUT2D eigenvalue weighted by atomic mass is 10.1. The first-order valence-corrected chi connectivity index (χ1v) is 10.9. The lowest BCUT2D eigenvalue weighted by Gasteiger charge is -2.40. The molecule has 1 amide bonds.